The molecule has 1 aliphatic rings. The van der Waals surface area contributed by atoms with E-state index in [1.54, 1.807) is 0 Å². The van der Waals surface area contributed by atoms with Crippen LogP contribution in [0.15, 0.2) is 12.1 Å². The summed E-state index contributed by atoms with van der Waals surface area (Å²) < 4.78 is 0. The Bertz CT molecular complexity index is 358. The maximum Gasteiger partial charge on any atom is 0.228 e. The molecule has 3 heteroatoms. The summed E-state index contributed by atoms with van der Waals surface area (Å²) in [5.74, 6) is 0.0299. The van der Waals surface area contributed by atoms with Gasteiger partial charge in [0.25, 0.3) is 0 Å². The molecule has 3 N–H and O–H groups in total. The molecule has 1 amide bonds. The fourth-order valence-electron chi connectivity index (χ4n) is 1.54. The van der Waals surface area contributed by atoms with E-state index in [0.29, 0.717) is 12.1 Å². The van der Waals surface area contributed by atoms with Crippen LogP contribution in [0.4, 0.5) is 11.4 Å². The Balaban J connectivity index is 2.59. The molecule has 0 radical (unpaired) electrons. The summed E-state index contributed by atoms with van der Waals surface area (Å²) in [6.07, 6.45) is 0.460. The smallest absolute Gasteiger partial charge is 0.228 e. The highest BCUT2D eigenvalue weighted by molar-refractivity contribution is 6.02. The predicted octanol–water partition coefficient (Wildman–Crippen LogP) is 1.07. The number of hydrogen-bond acceptors (Lipinski definition) is 2. The lowest BCUT2D eigenvalue weighted by Gasteiger charge is -2.03. The molecule has 0 bridgehead atoms. The molecule has 1 aliphatic heterocycles. The summed E-state index contributed by atoms with van der Waals surface area (Å²) in [4.78, 5) is 11.0. The highest BCUT2D eigenvalue weighted by Gasteiger charge is 2.19. The van der Waals surface area contributed by atoms with Crippen molar-refractivity contribution in [2.45, 2.75) is 13.3 Å². The molecule has 3 nitrogen and oxygen atoms in total. The number of benzene rings is 1. The number of rotatable bonds is 0. The van der Waals surface area contributed by atoms with Gasteiger partial charge in [0.15, 0.2) is 0 Å². The highest BCUT2D eigenvalue weighted by Crippen LogP contribution is 2.30. The van der Waals surface area contributed by atoms with Crippen LogP contribution in [0.2, 0.25) is 0 Å². The second kappa shape index (κ2) is 2.24. The Labute approximate surface area is 70.6 Å². The minimum absolute atomic E-state index is 0.0299. The van der Waals surface area contributed by atoms with Crippen molar-refractivity contribution in [3.05, 3.63) is 23.3 Å². The molecule has 0 unspecified atom stereocenters. The van der Waals surface area contributed by atoms with Gasteiger partial charge in [-0.2, -0.15) is 0 Å². The van der Waals surface area contributed by atoms with Crippen LogP contribution in [0.25, 0.3) is 0 Å². The molecule has 0 spiro atoms. The third-order valence-corrected chi connectivity index (χ3v) is 2.01. The first-order valence-corrected chi connectivity index (χ1v) is 3.85. The van der Waals surface area contributed by atoms with E-state index in [4.69, 9.17) is 5.73 Å². The Hall–Kier alpha value is -1.51. The fourth-order valence-corrected chi connectivity index (χ4v) is 1.54. The van der Waals surface area contributed by atoms with Gasteiger partial charge in [0, 0.05) is 0 Å². The van der Waals surface area contributed by atoms with Gasteiger partial charge in [-0.25, -0.2) is 0 Å². The van der Waals surface area contributed by atoms with E-state index in [1.807, 2.05) is 19.1 Å². The van der Waals surface area contributed by atoms with Gasteiger partial charge >= 0.3 is 0 Å². The average Bonchev–Trinajstić information content (AvgIpc) is 2.29. The minimum Gasteiger partial charge on any atom is -0.397 e. The van der Waals surface area contributed by atoms with Crippen molar-refractivity contribution >= 4 is 17.3 Å². The Morgan fingerprint density at radius 1 is 1.50 bits per heavy atom. The summed E-state index contributed by atoms with van der Waals surface area (Å²) in [5, 5.41) is 2.73. The Morgan fingerprint density at radius 3 is 3.00 bits per heavy atom. The molecule has 1 aromatic carbocycles. The number of aryl methyl sites for hydroxylation is 1. The maximum absolute atomic E-state index is 11.0. The molecule has 1 aromatic rings. The maximum atomic E-state index is 11.0. The van der Waals surface area contributed by atoms with Crippen molar-refractivity contribution < 1.29 is 4.79 Å². The Morgan fingerprint density at radius 2 is 2.25 bits per heavy atom. The number of fused-ring (bicyclic) bond motifs is 1. The number of hydrogen-bond donors (Lipinski definition) is 2. The zero-order valence-corrected chi connectivity index (χ0v) is 6.85. The summed E-state index contributed by atoms with van der Waals surface area (Å²) in [6.45, 7) is 1.97. The van der Waals surface area contributed by atoms with E-state index >= 15 is 0 Å². The average molecular weight is 162 g/mol. The zero-order chi connectivity index (χ0) is 8.72. The van der Waals surface area contributed by atoms with Gasteiger partial charge in [-0.1, -0.05) is 6.07 Å². The summed E-state index contributed by atoms with van der Waals surface area (Å²) >= 11 is 0. The fraction of sp³-hybridized carbons (Fsp3) is 0.222. The molecule has 0 aromatic heterocycles. The molecule has 62 valence electrons. The van der Waals surface area contributed by atoms with Gasteiger partial charge in [0.05, 0.1) is 17.8 Å². The number of nitrogens with one attached hydrogen (secondary N) is 1. The normalized spacial score (nSPS) is 14.2. The molecule has 0 saturated carbocycles. The van der Waals surface area contributed by atoms with E-state index in [9.17, 15) is 4.79 Å². The predicted molar refractivity (Wildman–Crippen MR) is 47.9 cm³/mol. The largest absolute Gasteiger partial charge is 0.397 e. The summed E-state index contributed by atoms with van der Waals surface area (Å²) in [5.41, 5.74) is 9.29. The second-order valence-electron chi connectivity index (χ2n) is 3.11. The monoisotopic (exact) mass is 162 g/mol. The first-order valence-electron chi connectivity index (χ1n) is 3.85. The van der Waals surface area contributed by atoms with Crippen molar-refractivity contribution in [3.63, 3.8) is 0 Å². The lowest BCUT2D eigenvalue weighted by Crippen LogP contribution is -2.04. The molecular formula is C9H10N2O. The molecule has 0 saturated heterocycles. The highest BCUT2D eigenvalue weighted by atomic mass is 16.1. The Kier molecular flexibility index (Phi) is 1.33. The van der Waals surface area contributed by atoms with Crippen LogP contribution >= 0.6 is 0 Å². The van der Waals surface area contributed by atoms with Crippen molar-refractivity contribution in [1.82, 2.24) is 0 Å². The van der Waals surface area contributed by atoms with Crippen LogP contribution in [-0.2, 0) is 11.2 Å². The topological polar surface area (TPSA) is 55.1 Å². The molecule has 0 fully saturated rings. The van der Waals surface area contributed by atoms with Crippen molar-refractivity contribution in [2.24, 2.45) is 0 Å². The van der Waals surface area contributed by atoms with E-state index in [0.717, 1.165) is 16.8 Å². The van der Waals surface area contributed by atoms with E-state index in [2.05, 4.69) is 5.32 Å². The van der Waals surface area contributed by atoms with Gasteiger partial charge in [-0.15, -0.1) is 0 Å². The van der Waals surface area contributed by atoms with Gasteiger partial charge in [0.1, 0.15) is 0 Å². The van der Waals surface area contributed by atoms with Crippen molar-refractivity contribution in [1.29, 1.82) is 0 Å². The third-order valence-electron chi connectivity index (χ3n) is 2.01. The number of carbonyl (C=O) groups is 1. The second-order valence-corrected chi connectivity index (χ2v) is 3.11. The molecule has 0 aliphatic carbocycles. The van der Waals surface area contributed by atoms with Crippen LogP contribution in [0.1, 0.15) is 11.1 Å². The van der Waals surface area contributed by atoms with Crippen LogP contribution < -0.4 is 11.1 Å². The van der Waals surface area contributed by atoms with E-state index in [1.165, 1.54) is 0 Å². The van der Waals surface area contributed by atoms with Gasteiger partial charge in [0.2, 0.25) is 5.91 Å². The standard InChI is InChI=1S/C9H10N2O/c1-5-2-6-4-8(12)11-9(6)7(10)3-5/h2-3H,4,10H2,1H3,(H,11,12). The quantitative estimate of drug-likeness (QED) is 0.561. The number of nitrogens with two attached hydrogens (primary N) is 1. The van der Waals surface area contributed by atoms with E-state index in [-0.39, 0.29) is 5.91 Å². The van der Waals surface area contributed by atoms with Crippen LogP contribution in [-0.4, -0.2) is 5.91 Å². The van der Waals surface area contributed by atoms with Crippen molar-refractivity contribution in [3.8, 4) is 0 Å². The third kappa shape index (κ3) is 0.942. The number of anilines is 2. The summed E-state index contributed by atoms with van der Waals surface area (Å²) in [7, 11) is 0. The number of amides is 1. The molecule has 1 heterocycles. The van der Waals surface area contributed by atoms with E-state index < -0.39 is 0 Å². The van der Waals surface area contributed by atoms with Gasteiger partial charge < -0.3 is 11.1 Å². The molecule has 12 heavy (non-hydrogen) atoms. The lowest BCUT2D eigenvalue weighted by molar-refractivity contribution is -0.115. The molecule has 2 rings (SSSR count). The van der Waals surface area contributed by atoms with Gasteiger partial charge in [-0.3, -0.25) is 4.79 Å². The molecule has 0 atom stereocenters. The number of nitrogen functional groups attached to an aromatic ring is 1. The van der Waals surface area contributed by atoms with Gasteiger partial charge in [-0.05, 0) is 24.1 Å². The number of carbonyl (C=O) groups excluding carboxylic acids is 1. The SMILES string of the molecule is Cc1cc(N)c2c(c1)CC(=O)N2. The zero-order valence-electron chi connectivity index (χ0n) is 6.85. The van der Waals surface area contributed by atoms with Crippen LogP contribution in [0.3, 0.4) is 0 Å². The molecular weight excluding hydrogens is 152 g/mol. The van der Waals surface area contributed by atoms with Crippen molar-refractivity contribution in [2.75, 3.05) is 11.1 Å². The first-order chi connectivity index (χ1) is 5.66. The van der Waals surface area contributed by atoms with Crippen LogP contribution in [0.5, 0.6) is 0 Å². The van der Waals surface area contributed by atoms with Crippen LogP contribution in [0, 0.1) is 6.92 Å². The first kappa shape index (κ1) is 7.16. The summed E-state index contributed by atoms with van der Waals surface area (Å²) in [6, 6.07) is 3.86. The lowest BCUT2D eigenvalue weighted by atomic mass is 10.1. The minimum atomic E-state index is 0.0299.